The van der Waals surface area contributed by atoms with Gasteiger partial charge in [-0.15, -0.1) is 11.8 Å². The van der Waals surface area contributed by atoms with Crippen LogP contribution in [0.1, 0.15) is 24.9 Å². The molecule has 1 aromatic carbocycles. The monoisotopic (exact) mass is 316 g/mol. The zero-order valence-corrected chi connectivity index (χ0v) is 13.3. The smallest absolute Gasteiger partial charge is 0.315 e. The number of rotatable bonds is 4. The van der Waals surface area contributed by atoms with E-state index in [0.717, 1.165) is 12.2 Å². The summed E-state index contributed by atoms with van der Waals surface area (Å²) >= 11 is 1.85. The molecule has 2 N–H and O–H groups in total. The zero-order valence-electron chi connectivity index (χ0n) is 12.5. The van der Waals surface area contributed by atoms with Gasteiger partial charge in [0, 0.05) is 35.6 Å². The van der Waals surface area contributed by atoms with E-state index in [4.69, 9.17) is 0 Å². The molecule has 2 heterocycles. The number of benzene rings is 1. The average Bonchev–Trinajstić information content (AvgIpc) is 3.00. The first-order valence-electron chi connectivity index (χ1n) is 7.47. The van der Waals surface area contributed by atoms with Gasteiger partial charge in [-0.2, -0.15) is 0 Å². The summed E-state index contributed by atoms with van der Waals surface area (Å²) in [6.07, 6.45) is 6.35. The summed E-state index contributed by atoms with van der Waals surface area (Å²) < 4.78 is 1.96. The average molecular weight is 316 g/mol. The van der Waals surface area contributed by atoms with Gasteiger partial charge in [0.25, 0.3) is 0 Å². The Kier molecular flexibility index (Phi) is 4.68. The van der Waals surface area contributed by atoms with Gasteiger partial charge in [0.1, 0.15) is 0 Å². The van der Waals surface area contributed by atoms with Crippen LogP contribution in [0.4, 0.5) is 4.79 Å². The molecule has 0 bridgehead atoms. The molecule has 22 heavy (non-hydrogen) atoms. The third-order valence-corrected chi connectivity index (χ3v) is 4.81. The van der Waals surface area contributed by atoms with Crippen molar-refractivity contribution in [1.82, 2.24) is 20.2 Å². The summed E-state index contributed by atoms with van der Waals surface area (Å²) in [5.41, 5.74) is 1.22. The first-order chi connectivity index (χ1) is 10.7. The maximum Gasteiger partial charge on any atom is 0.315 e. The number of nitrogens with zero attached hydrogens (tertiary/aromatic N) is 2. The number of imidazole rings is 1. The molecular formula is C16H20N4OS. The number of fused-ring (bicyclic) bond motifs is 1. The quantitative estimate of drug-likeness (QED) is 0.912. The molecule has 0 radical (unpaired) electrons. The van der Waals surface area contributed by atoms with E-state index in [1.54, 1.807) is 12.5 Å². The van der Waals surface area contributed by atoms with Gasteiger partial charge in [0.05, 0.1) is 12.4 Å². The van der Waals surface area contributed by atoms with E-state index >= 15 is 0 Å². The zero-order chi connectivity index (χ0) is 15.4. The van der Waals surface area contributed by atoms with Crippen LogP contribution in [0, 0.1) is 0 Å². The third-order valence-electron chi connectivity index (χ3n) is 3.69. The predicted molar refractivity (Wildman–Crippen MR) is 87.9 cm³/mol. The van der Waals surface area contributed by atoms with Crippen molar-refractivity contribution in [3.63, 3.8) is 0 Å². The summed E-state index contributed by atoms with van der Waals surface area (Å²) in [7, 11) is 0. The molecule has 2 atom stereocenters. The number of aromatic nitrogens is 2. The predicted octanol–water partition coefficient (Wildman–Crippen LogP) is 2.81. The van der Waals surface area contributed by atoms with Crippen molar-refractivity contribution in [2.75, 3.05) is 5.75 Å². The van der Waals surface area contributed by atoms with Gasteiger partial charge in [0.15, 0.2) is 0 Å². The topological polar surface area (TPSA) is 59.0 Å². The molecule has 3 rings (SSSR count). The highest BCUT2D eigenvalue weighted by Crippen LogP contribution is 2.35. The van der Waals surface area contributed by atoms with Gasteiger partial charge >= 0.3 is 6.03 Å². The molecular weight excluding hydrogens is 296 g/mol. The second-order valence-corrected chi connectivity index (χ2v) is 6.64. The number of thioether (sulfide) groups is 1. The van der Waals surface area contributed by atoms with Crippen LogP contribution in [-0.2, 0) is 6.54 Å². The van der Waals surface area contributed by atoms with E-state index in [2.05, 4.69) is 27.8 Å². The number of urea groups is 1. The summed E-state index contributed by atoms with van der Waals surface area (Å²) in [5.74, 6) is 1.03. The number of amides is 2. The summed E-state index contributed by atoms with van der Waals surface area (Å²) in [5, 5.41) is 6.09. The Labute approximate surface area is 134 Å². The minimum Gasteiger partial charge on any atom is -0.335 e. The van der Waals surface area contributed by atoms with Crippen LogP contribution in [0.3, 0.4) is 0 Å². The third kappa shape index (κ3) is 3.62. The van der Waals surface area contributed by atoms with E-state index in [9.17, 15) is 4.79 Å². The summed E-state index contributed by atoms with van der Waals surface area (Å²) in [4.78, 5) is 17.5. The van der Waals surface area contributed by atoms with Crippen LogP contribution in [0.5, 0.6) is 0 Å². The number of carbonyl (C=O) groups is 1. The highest BCUT2D eigenvalue weighted by Gasteiger charge is 2.22. The Morgan fingerprint density at radius 3 is 3.18 bits per heavy atom. The Bertz CT molecular complexity index is 629. The Balaban J connectivity index is 1.56. The molecule has 0 unspecified atom stereocenters. The maximum atomic E-state index is 12.2. The van der Waals surface area contributed by atoms with Gasteiger partial charge in [0.2, 0.25) is 0 Å². The van der Waals surface area contributed by atoms with Crippen molar-refractivity contribution in [2.45, 2.75) is 36.9 Å². The van der Waals surface area contributed by atoms with E-state index in [1.165, 1.54) is 10.5 Å². The van der Waals surface area contributed by atoms with Crippen molar-refractivity contribution in [3.05, 3.63) is 48.5 Å². The van der Waals surface area contributed by atoms with Gasteiger partial charge in [-0.05, 0) is 25.0 Å². The van der Waals surface area contributed by atoms with Crippen LogP contribution in [0.25, 0.3) is 0 Å². The van der Waals surface area contributed by atoms with Gasteiger partial charge < -0.3 is 15.2 Å². The van der Waals surface area contributed by atoms with Crippen LogP contribution in [-0.4, -0.2) is 27.4 Å². The fourth-order valence-corrected chi connectivity index (χ4v) is 3.80. The Morgan fingerprint density at radius 2 is 2.36 bits per heavy atom. The van der Waals surface area contributed by atoms with Crippen molar-refractivity contribution in [1.29, 1.82) is 0 Å². The van der Waals surface area contributed by atoms with E-state index in [0.29, 0.717) is 6.54 Å². The normalized spacial score (nSPS) is 18.3. The number of hydrogen-bond acceptors (Lipinski definition) is 3. The second-order valence-electron chi connectivity index (χ2n) is 5.51. The van der Waals surface area contributed by atoms with E-state index < -0.39 is 0 Å². The molecule has 0 saturated heterocycles. The number of nitrogens with one attached hydrogen (secondary N) is 2. The molecule has 0 aliphatic carbocycles. The number of hydrogen-bond donors (Lipinski definition) is 2. The lowest BCUT2D eigenvalue weighted by atomic mass is 10.0. The minimum absolute atomic E-state index is 0.0439. The Hall–Kier alpha value is -1.95. The maximum absolute atomic E-state index is 12.2. The van der Waals surface area contributed by atoms with Crippen molar-refractivity contribution in [2.24, 2.45) is 0 Å². The van der Waals surface area contributed by atoms with Crippen molar-refractivity contribution >= 4 is 17.8 Å². The van der Waals surface area contributed by atoms with Gasteiger partial charge in [-0.1, -0.05) is 18.2 Å². The van der Waals surface area contributed by atoms with Crippen molar-refractivity contribution < 1.29 is 4.79 Å². The number of carbonyl (C=O) groups excluding carboxylic acids is 1. The lowest BCUT2D eigenvalue weighted by Crippen LogP contribution is -2.44. The molecule has 5 nitrogen and oxygen atoms in total. The fraction of sp³-hybridized carbons (Fsp3) is 0.375. The molecule has 0 spiro atoms. The molecule has 2 aromatic rings. The van der Waals surface area contributed by atoms with Gasteiger partial charge in [-0.3, -0.25) is 0 Å². The fourth-order valence-electron chi connectivity index (χ4n) is 2.67. The standard InChI is InChI=1S/C16H20N4OS/c1-12(10-20-8-7-17-11-20)18-16(21)19-14-6-9-22-15-5-3-2-4-13(14)15/h2-5,7-8,11-12,14H,6,9-10H2,1H3,(H2,18,19,21)/t12-,14+/m0/s1. The molecule has 2 amide bonds. The molecule has 1 aromatic heterocycles. The molecule has 0 saturated carbocycles. The van der Waals surface area contributed by atoms with Crippen LogP contribution < -0.4 is 10.6 Å². The van der Waals surface area contributed by atoms with Crippen LogP contribution in [0.15, 0.2) is 47.9 Å². The van der Waals surface area contributed by atoms with E-state index in [1.807, 2.05) is 41.6 Å². The van der Waals surface area contributed by atoms with Gasteiger partial charge in [-0.25, -0.2) is 9.78 Å². The Morgan fingerprint density at radius 1 is 1.50 bits per heavy atom. The molecule has 116 valence electrons. The lowest BCUT2D eigenvalue weighted by Gasteiger charge is -2.26. The second kappa shape index (κ2) is 6.87. The minimum atomic E-state index is -0.112. The first kappa shape index (κ1) is 15.0. The summed E-state index contributed by atoms with van der Waals surface area (Å²) in [6, 6.07) is 8.31. The first-order valence-corrected chi connectivity index (χ1v) is 8.45. The molecule has 1 aliphatic heterocycles. The van der Waals surface area contributed by atoms with E-state index in [-0.39, 0.29) is 18.1 Å². The van der Waals surface area contributed by atoms with Crippen molar-refractivity contribution in [3.8, 4) is 0 Å². The largest absolute Gasteiger partial charge is 0.335 e. The highest BCUT2D eigenvalue weighted by atomic mass is 32.2. The van der Waals surface area contributed by atoms with Crippen LogP contribution >= 0.6 is 11.8 Å². The lowest BCUT2D eigenvalue weighted by molar-refractivity contribution is 0.232. The summed E-state index contributed by atoms with van der Waals surface area (Å²) in [6.45, 7) is 2.70. The molecule has 0 fully saturated rings. The molecule has 1 aliphatic rings. The molecule has 6 heteroatoms. The SMILES string of the molecule is C[C@@H](Cn1ccnc1)NC(=O)N[C@@H]1CCSc2ccccc21. The highest BCUT2D eigenvalue weighted by molar-refractivity contribution is 7.99. The van der Waals surface area contributed by atoms with Crippen LogP contribution in [0.2, 0.25) is 0 Å².